The van der Waals surface area contributed by atoms with Crippen LogP contribution in [0.1, 0.15) is 12.1 Å². The van der Waals surface area contributed by atoms with Crippen LogP contribution in [0.15, 0.2) is 48.1 Å². The normalized spacial score (nSPS) is 10.6. The number of amides is 1. The molecule has 3 rings (SSSR count). The fourth-order valence-electron chi connectivity index (χ4n) is 2.10. The summed E-state index contributed by atoms with van der Waals surface area (Å²) in [5, 5.41) is 6.42. The molecule has 1 aromatic carbocycles. The Morgan fingerprint density at radius 2 is 1.96 bits per heavy atom. The fourth-order valence-corrected chi connectivity index (χ4v) is 3.31. The Balaban J connectivity index is 1.59. The molecule has 2 heterocycles. The van der Waals surface area contributed by atoms with Crippen molar-refractivity contribution in [1.29, 1.82) is 0 Å². The minimum absolute atomic E-state index is 0.127. The van der Waals surface area contributed by atoms with Crippen molar-refractivity contribution in [1.82, 2.24) is 9.97 Å². The van der Waals surface area contributed by atoms with Crippen LogP contribution in [-0.4, -0.2) is 15.9 Å². The number of hydrogen-bond acceptors (Lipinski definition) is 4. The van der Waals surface area contributed by atoms with Crippen molar-refractivity contribution in [2.75, 3.05) is 5.32 Å². The fraction of sp³-hybridized carbons (Fsp3) is 0.118. The zero-order valence-corrected chi connectivity index (χ0v) is 14.8. The summed E-state index contributed by atoms with van der Waals surface area (Å²) in [7, 11) is 0. The predicted octanol–water partition coefficient (Wildman–Crippen LogP) is 5.08. The summed E-state index contributed by atoms with van der Waals surface area (Å²) in [6.07, 6.45) is 4.35. The van der Waals surface area contributed by atoms with Gasteiger partial charge in [-0.25, -0.2) is 4.98 Å². The number of anilines is 1. The van der Waals surface area contributed by atoms with Crippen molar-refractivity contribution in [3.8, 4) is 10.6 Å². The van der Waals surface area contributed by atoms with Gasteiger partial charge in [0.15, 0.2) is 0 Å². The summed E-state index contributed by atoms with van der Waals surface area (Å²) < 4.78 is 0. The minimum Gasteiger partial charge on any atom is -0.325 e. The van der Waals surface area contributed by atoms with E-state index >= 15 is 0 Å². The van der Waals surface area contributed by atoms with E-state index in [9.17, 15) is 4.79 Å². The standard InChI is InChI=1S/C17H13Cl2N3OS/c18-13-2-1-3-14(16(13)19)22-15(23)5-4-12-10-24-17(21-12)11-6-8-20-9-7-11/h1-3,6-10H,4-5H2,(H,22,23). The third-order valence-corrected chi connectivity index (χ3v) is 5.07. The third-order valence-electron chi connectivity index (χ3n) is 3.31. The van der Waals surface area contributed by atoms with Crippen LogP contribution >= 0.6 is 34.5 Å². The van der Waals surface area contributed by atoms with Crippen molar-refractivity contribution >= 4 is 46.1 Å². The molecule has 0 spiro atoms. The van der Waals surface area contributed by atoms with Crippen LogP contribution < -0.4 is 5.32 Å². The van der Waals surface area contributed by atoms with Crippen molar-refractivity contribution in [3.05, 3.63) is 63.8 Å². The minimum atomic E-state index is -0.127. The molecular formula is C17H13Cl2N3OS. The number of rotatable bonds is 5. The van der Waals surface area contributed by atoms with Gasteiger partial charge < -0.3 is 5.32 Å². The van der Waals surface area contributed by atoms with Crippen LogP contribution in [0.4, 0.5) is 5.69 Å². The largest absolute Gasteiger partial charge is 0.325 e. The average Bonchev–Trinajstić information content (AvgIpc) is 3.07. The highest BCUT2D eigenvalue weighted by atomic mass is 35.5. The van der Waals surface area contributed by atoms with E-state index in [1.54, 1.807) is 41.9 Å². The molecule has 7 heteroatoms. The van der Waals surface area contributed by atoms with Gasteiger partial charge in [0.1, 0.15) is 5.01 Å². The Morgan fingerprint density at radius 3 is 2.75 bits per heavy atom. The molecule has 0 aliphatic rings. The topological polar surface area (TPSA) is 54.9 Å². The average molecular weight is 378 g/mol. The maximum atomic E-state index is 12.1. The molecule has 0 bridgehead atoms. The second-order valence-corrected chi connectivity index (χ2v) is 6.67. The molecule has 0 saturated heterocycles. The van der Waals surface area contributed by atoms with Gasteiger partial charge in [-0.2, -0.15) is 0 Å². The highest BCUT2D eigenvalue weighted by molar-refractivity contribution is 7.13. The highest BCUT2D eigenvalue weighted by Crippen LogP contribution is 2.29. The molecule has 2 aromatic heterocycles. The summed E-state index contributed by atoms with van der Waals surface area (Å²) >= 11 is 13.6. The zero-order valence-electron chi connectivity index (χ0n) is 12.5. The predicted molar refractivity (Wildman–Crippen MR) is 98.8 cm³/mol. The number of hydrogen-bond donors (Lipinski definition) is 1. The van der Waals surface area contributed by atoms with Crippen LogP contribution in [-0.2, 0) is 11.2 Å². The van der Waals surface area contributed by atoms with Crippen LogP contribution in [0.3, 0.4) is 0 Å². The number of pyridine rings is 1. The Hall–Kier alpha value is -1.95. The Kier molecular flexibility index (Phi) is 5.45. The maximum Gasteiger partial charge on any atom is 0.224 e. The Labute approximate surface area is 153 Å². The molecule has 3 aromatic rings. The molecule has 0 fully saturated rings. The molecule has 0 atom stereocenters. The van der Waals surface area contributed by atoms with Crippen molar-refractivity contribution in [2.24, 2.45) is 0 Å². The number of carbonyl (C=O) groups is 1. The summed E-state index contributed by atoms with van der Waals surface area (Å²) in [5.74, 6) is -0.127. The summed E-state index contributed by atoms with van der Waals surface area (Å²) in [6, 6.07) is 8.96. The van der Waals surface area contributed by atoms with E-state index in [1.165, 1.54) is 0 Å². The molecule has 24 heavy (non-hydrogen) atoms. The molecule has 1 N–H and O–H groups in total. The number of halogens is 2. The number of aromatic nitrogens is 2. The van der Waals surface area contributed by atoms with Gasteiger partial charge in [-0.05, 0) is 30.7 Å². The van der Waals surface area contributed by atoms with Crippen molar-refractivity contribution < 1.29 is 4.79 Å². The molecular weight excluding hydrogens is 365 g/mol. The first-order valence-electron chi connectivity index (χ1n) is 7.22. The van der Waals surface area contributed by atoms with Gasteiger partial charge in [-0.3, -0.25) is 9.78 Å². The molecule has 0 aliphatic heterocycles. The van der Waals surface area contributed by atoms with Gasteiger partial charge in [0.25, 0.3) is 0 Å². The van der Waals surface area contributed by atoms with Crippen molar-refractivity contribution in [2.45, 2.75) is 12.8 Å². The maximum absolute atomic E-state index is 12.1. The second kappa shape index (κ2) is 7.75. The quantitative estimate of drug-likeness (QED) is 0.673. The number of carbonyl (C=O) groups excluding carboxylic acids is 1. The summed E-state index contributed by atoms with van der Waals surface area (Å²) in [5.41, 5.74) is 2.43. The number of benzene rings is 1. The molecule has 0 unspecified atom stereocenters. The zero-order chi connectivity index (χ0) is 16.9. The van der Waals surface area contributed by atoms with E-state index in [0.717, 1.165) is 16.3 Å². The number of aryl methyl sites for hydroxylation is 1. The van der Waals surface area contributed by atoms with Gasteiger partial charge in [-0.15, -0.1) is 11.3 Å². The molecule has 122 valence electrons. The van der Waals surface area contributed by atoms with E-state index in [1.807, 2.05) is 17.5 Å². The van der Waals surface area contributed by atoms with E-state index in [4.69, 9.17) is 23.2 Å². The first-order chi connectivity index (χ1) is 11.6. The molecule has 0 aliphatic carbocycles. The van der Waals surface area contributed by atoms with Gasteiger partial charge in [0.2, 0.25) is 5.91 Å². The van der Waals surface area contributed by atoms with Gasteiger partial charge in [0.05, 0.1) is 21.4 Å². The van der Waals surface area contributed by atoms with Crippen LogP contribution in [0.2, 0.25) is 10.0 Å². The Bertz CT molecular complexity index is 852. The van der Waals surface area contributed by atoms with Crippen LogP contribution in [0, 0.1) is 0 Å². The first-order valence-corrected chi connectivity index (χ1v) is 8.85. The van der Waals surface area contributed by atoms with Gasteiger partial charge >= 0.3 is 0 Å². The van der Waals surface area contributed by atoms with Crippen LogP contribution in [0.25, 0.3) is 10.6 Å². The lowest BCUT2D eigenvalue weighted by Crippen LogP contribution is -2.12. The number of nitrogens with one attached hydrogen (secondary N) is 1. The molecule has 4 nitrogen and oxygen atoms in total. The summed E-state index contributed by atoms with van der Waals surface area (Å²) in [6.45, 7) is 0. The Morgan fingerprint density at radius 1 is 1.17 bits per heavy atom. The lowest BCUT2D eigenvalue weighted by molar-refractivity contribution is -0.116. The van der Waals surface area contributed by atoms with E-state index in [0.29, 0.717) is 28.6 Å². The van der Waals surface area contributed by atoms with Gasteiger partial charge in [0, 0.05) is 29.8 Å². The number of nitrogens with zero attached hydrogens (tertiary/aromatic N) is 2. The SMILES string of the molecule is O=C(CCc1csc(-c2ccncc2)n1)Nc1cccc(Cl)c1Cl. The van der Waals surface area contributed by atoms with E-state index in [2.05, 4.69) is 15.3 Å². The van der Waals surface area contributed by atoms with E-state index < -0.39 is 0 Å². The first kappa shape index (κ1) is 16.9. The van der Waals surface area contributed by atoms with E-state index in [-0.39, 0.29) is 5.91 Å². The lowest BCUT2D eigenvalue weighted by atomic mass is 10.2. The highest BCUT2D eigenvalue weighted by Gasteiger charge is 2.10. The van der Waals surface area contributed by atoms with Crippen LogP contribution in [0.5, 0.6) is 0 Å². The van der Waals surface area contributed by atoms with Gasteiger partial charge in [-0.1, -0.05) is 29.3 Å². The number of thiazole rings is 1. The smallest absolute Gasteiger partial charge is 0.224 e. The second-order valence-electron chi connectivity index (χ2n) is 5.03. The molecule has 1 amide bonds. The molecule has 0 radical (unpaired) electrons. The third kappa shape index (κ3) is 4.12. The monoisotopic (exact) mass is 377 g/mol. The lowest BCUT2D eigenvalue weighted by Gasteiger charge is -2.07. The summed E-state index contributed by atoms with van der Waals surface area (Å²) in [4.78, 5) is 20.6. The molecule has 0 saturated carbocycles. The van der Waals surface area contributed by atoms with Crippen molar-refractivity contribution in [3.63, 3.8) is 0 Å².